The van der Waals surface area contributed by atoms with Gasteiger partial charge in [0.2, 0.25) is 0 Å². The molecule has 1 aromatic carbocycles. The smallest absolute Gasteiger partial charge is 0.262 e. The third kappa shape index (κ3) is 3.25. The summed E-state index contributed by atoms with van der Waals surface area (Å²) in [7, 11) is 1.61. The highest BCUT2D eigenvalue weighted by atomic mass is 35.5. The minimum Gasteiger partial charge on any atom is -0.497 e. The lowest BCUT2D eigenvalue weighted by atomic mass is 10.1. The molecule has 0 radical (unpaired) electrons. The molecule has 0 saturated carbocycles. The number of ether oxygens (including phenoxy) is 1. The molecule has 20 heavy (non-hydrogen) atoms. The van der Waals surface area contributed by atoms with Crippen molar-refractivity contribution in [1.29, 1.82) is 0 Å². The van der Waals surface area contributed by atoms with Gasteiger partial charge in [0.1, 0.15) is 10.6 Å². The number of nitrogens with one attached hydrogen (secondary N) is 1. The number of hydrogen-bond donors (Lipinski definition) is 1. The number of benzene rings is 1. The maximum atomic E-state index is 12.2. The Morgan fingerprint density at radius 3 is 2.85 bits per heavy atom. The predicted molar refractivity (Wildman–Crippen MR) is 85.2 cm³/mol. The van der Waals surface area contributed by atoms with Crippen LogP contribution in [0.3, 0.4) is 0 Å². The first-order valence-electron chi connectivity index (χ1n) is 6.57. The summed E-state index contributed by atoms with van der Waals surface area (Å²) in [5.41, 5.74) is 0. The van der Waals surface area contributed by atoms with Crippen LogP contribution in [0.5, 0.6) is 5.75 Å². The van der Waals surface area contributed by atoms with E-state index in [0.29, 0.717) is 22.4 Å². The number of amides is 1. The molecule has 0 saturated heterocycles. The van der Waals surface area contributed by atoms with Crippen LogP contribution in [0.1, 0.15) is 29.9 Å². The number of halogens is 1. The van der Waals surface area contributed by atoms with Gasteiger partial charge >= 0.3 is 0 Å². The van der Waals surface area contributed by atoms with Gasteiger partial charge in [0.05, 0.1) is 12.1 Å². The van der Waals surface area contributed by atoms with E-state index in [1.165, 1.54) is 11.3 Å². The van der Waals surface area contributed by atoms with Gasteiger partial charge in [0, 0.05) is 16.6 Å². The number of carbonyl (C=O) groups excluding carboxylic acids is 1. The molecule has 108 valence electrons. The van der Waals surface area contributed by atoms with Crippen molar-refractivity contribution in [2.75, 3.05) is 13.7 Å². The van der Waals surface area contributed by atoms with E-state index in [1.807, 2.05) is 18.2 Å². The predicted octanol–water partition coefficient (Wildman–Crippen LogP) is 4.34. The van der Waals surface area contributed by atoms with Crippen LogP contribution in [0.4, 0.5) is 0 Å². The van der Waals surface area contributed by atoms with Crippen LogP contribution in [0.25, 0.3) is 10.1 Å². The van der Waals surface area contributed by atoms with E-state index in [1.54, 1.807) is 7.11 Å². The zero-order chi connectivity index (χ0) is 14.7. The molecule has 0 aliphatic carbocycles. The van der Waals surface area contributed by atoms with Gasteiger partial charge in [-0.15, -0.1) is 11.3 Å². The van der Waals surface area contributed by atoms with Crippen LogP contribution < -0.4 is 10.1 Å². The fourth-order valence-corrected chi connectivity index (χ4v) is 3.28. The van der Waals surface area contributed by atoms with Crippen LogP contribution in [0.2, 0.25) is 5.02 Å². The quantitative estimate of drug-likeness (QED) is 0.892. The Kier molecular flexibility index (Phi) is 4.89. The molecule has 3 nitrogen and oxygen atoms in total. The fraction of sp³-hybridized carbons (Fsp3) is 0.400. The normalized spacial score (nSPS) is 11.1. The summed E-state index contributed by atoms with van der Waals surface area (Å²) >= 11 is 7.73. The molecule has 0 aliphatic heterocycles. The molecule has 0 fully saturated rings. The number of carbonyl (C=O) groups is 1. The zero-order valence-electron chi connectivity index (χ0n) is 11.8. The molecule has 0 atom stereocenters. The zero-order valence-corrected chi connectivity index (χ0v) is 13.4. The molecule has 2 aromatic rings. The highest BCUT2D eigenvalue weighted by Crippen LogP contribution is 2.37. The van der Waals surface area contributed by atoms with Crippen molar-refractivity contribution in [3.8, 4) is 5.75 Å². The van der Waals surface area contributed by atoms with E-state index in [-0.39, 0.29) is 5.91 Å². The largest absolute Gasteiger partial charge is 0.497 e. The first-order chi connectivity index (χ1) is 9.52. The third-order valence-corrected chi connectivity index (χ3v) is 4.72. The summed E-state index contributed by atoms with van der Waals surface area (Å²) in [6.45, 7) is 4.93. The van der Waals surface area contributed by atoms with Crippen LogP contribution in [-0.4, -0.2) is 19.6 Å². The monoisotopic (exact) mass is 311 g/mol. The number of hydrogen-bond acceptors (Lipinski definition) is 3. The summed E-state index contributed by atoms with van der Waals surface area (Å²) in [5.74, 6) is 1.21. The van der Waals surface area contributed by atoms with Gasteiger partial charge < -0.3 is 10.1 Å². The van der Waals surface area contributed by atoms with Crippen molar-refractivity contribution < 1.29 is 9.53 Å². The summed E-state index contributed by atoms with van der Waals surface area (Å²) in [6.07, 6.45) is 0.960. The van der Waals surface area contributed by atoms with E-state index in [0.717, 1.165) is 22.3 Å². The Labute approximate surface area is 127 Å². The highest BCUT2D eigenvalue weighted by Gasteiger charge is 2.17. The Hall–Kier alpha value is -1.26. The van der Waals surface area contributed by atoms with Crippen LogP contribution in [-0.2, 0) is 0 Å². The van der Waals surface area contributed by atoms with E-state index in [9.17, 15) is 4.79 Å². The van der Waals surface area contributed by atoms with E-state index in [2.05, 4.69) is 19.2 Å². The molecule has 5 heteroatoms. The molecule has 1 N–H and O–H groups in total. The number of methoxy groups -OCH3 is 1. The van der Waals surface area contributed by atoms with Crippen LogP contribution in [0, 0.1) is 5.92 Å². The molecule has 2 rings (SSSR count). The Morgan fingerprint density at radius 1 is 1.45 bits per heavy atom. The van der Waals surface area contributed by atoms with Crippen molar-refractivity contribution in [3.05, 3.63) is 28.1 Å². The molecular formula is C15H18ClNO2S. The average Bonchev–Trinajstić information content (AvgIpc) is 2.75. The van der Waals surface area contributed by atoms with Gasteiger partial charge in [-0.3, -0.25) is 4.79 Å². The first-order valence-corrected chi connectivity index (χ1v) is 7.76. The second-order valence-corrected chi connectivity index (χ2v) is 6.48. The van der Waals surface area contributed by atoms with E-state index >= 15 is 0 Å². The summed E-state index contributed by atoms with van der Waals surface area (Å²) < 4.78 is 6.17. The van der Waals surface area contributed by atoms with Crippen LogP contribution in [0.15, 0.2) is 18.2 Å². The highest BCUT2D eigenvalue weighted by molar-refractivity contribution is 7.21. The molecule has 1 amide bonds. The lowest BCUT2D eigenvalue weighted by molar-refractivity contribution is 0.0956. The van der Waals surface area contributed by atoms with Gasteiger partial charge in [-0.05, 0) is 30.5 Å². The minimum absolute atomic E-state index is 0.101. The molecule has 0 unspecified atom stereocenters. The maximum absolute atomic E-state index is 12.2. The fourth-order valence-electron chi connectivity index (χ4n) is 1.87. The second-order valence-electron chi connectivity index (χ2n) is 5.05. The lowest BCUT2D eigenvalue weighted by Gasteiger charge is -2.06. The Morgan fingerprint density at radius 2 is 2.20 bits per heavy atom. The Balaban J connectivity index is 2.21. The van der Waals surface area contributed by atoms with Gasteiger partial charge in [0.25, 0.3) is 5.91 Å². The molecule has 0 spiro atoms. The summed E-state index contributed by atoms with van der Waals surface area (Å²) in [6, 6.07) is 5.66. The molecule has 0 bridgehead atoms. The lowest BCUT2D eigenvalue weighted by Crippen LogP contribution is -2.24. The molecular weight excluding hydrogens is 294 g/mol. The van der Waals surface area contributed by atoms with Gasteiger partial charge in [0.15, 0.2) is 0 Å². The third-order valence-electron chi connectivity index (χ3n) is 3.05. The van der Waals surface area contributed by atoms with Gasteiger partial charge in [-0.25, -0.2) is 0 Å². The Bertz CT molecular complexity index is 622. The molecule has 1 heterocycles. The average molecular weight is 312 g/mol. The van der Waals surface area contributed by atoms with Crippen molar-refractivity contribution >= 4 is 38.9 Å². The van der Waals surface area contributed by atoms with Crippen molar-refractivity contribution in [3.63, 3.8) is 0 Å². The van der Waals surface area contributed by atoms with Gasteiger partial charge in [-0.1, -0.05) is 25.4 Å². The van der Waals surface area contributed by atoms with E-state index < -0.39 is 0 Å². The minimum atomic E-state index is -0.101. The molecule has 0 aliphatic rings. The maximum Gasteiger partial charge on any atom is 0.262 e. The van der Waals surface area contributed by atoms with Crippen molar-refractivity contribution in [2.45, 2.75) is 20.3 Å². The number of rotatable bonds is 5. The number of thiophene rings is 1. The molecule has 1 aromatic heterocycles. The second kappa shape index (κ2) is 6.46. The van der Waals surface area contributed by atoms with E-state index in [4.69, 9.17) is 16.3 Å². The van der Waals surface area contributed by atoms with Crippen molar-refractivity contribution in [1.82, 2.24) is 5.32 Å². The standard InChI is InChI=1S/C15H18ClNO2S/c1-9(2)6-7-17-15(18)14-13(16)11-8-10(19-3)4-5-12(11)20-14/h4-5,8-9H,6-7H2,1-3H3,(H,17,18). The SMILES string of the molecule is COc1ccc2sc(C(=O)NCCC(C)C)c(Cl)c2c1. The van der Waals surface area contributed by atoms with Crippen molar-refractivity contribution in [2.24, 2.45) is 5.92 Å². The topological polar surface area (TPSA) is 38.3 Å². The van der Waals surface area contributed by atoms with Gasteiger partial charge in [-0.2, -0.15) is 0 Å². The number of fused-ring (bicyclic) bond motifs is 1. The van der Waals surface area contributed by atoms with Crippen LogP contribution >= 0.6 is 22.9 Å². The summed E-state index contributed by atoms with van der Waals surface area (Å²) in [4.78, 5) is 12.7. The summed E-state index contributed by atoms with van der Waals surface area (Å²) in [5, 5.41) is 4.29. The first kappa shape index (κ1) is 15.1.